The maximum absolute atomic E-state index is 10.3. The Balaban J connectivity index is 2.82. The van der Waals surface area contributed by atoms with Crippen LogP contribution in [-0.2, 0) is 11.4 Å². The van der Waals surface area contributed by atoms with Crippen LogP contribution in [0.15, 0.2) is 18.2 Å². The second-order valence-corrected chi connectivity index (χ2v) is 2.83. The molecule has 0 heterocycles. The van der Waals surface area contributed by atoms with Gasteiger partial charge in [-0.05, 0) is 17.7 Å². The zero-order chi connectivity index (χ0) is 11.3. The van der Waals surface area contributed by atoms with Crippen molar-refractivity contribution in [3.8, 4) is 11.5 Å². The Morgan fingerprint density at radius 3 is 2.67 bits per heavy atom. The van der Waals surface area contributed by atoms with E-state index in [4.69, 9.17) is 19.7 Å². The van der Waals surface area contributed by atoms with Crippen molar-refractivity contribution in [3.05, 3.63) is 23.8 Å². The Kier molecular flexibility index (Phi) is 3.93. The SMILES string of the molecule is COc1cc(CO)ccc1OCC(=O)O. The monoisotopic (exact) mass is 212 g/mol. The molecule has 0 aromatic heterocycles. The number of hydrogen-bond acceptors (Lipinski definition) is 4. The van der Waals surface area contributed by atoms with Gasteiger partial charge in [0.1, 0.15) is 0 Å². The van der Waals surface area contributed by atoms with Crippen molar-refractivity contribution >= 4 is 5.97 Å². The van der Waals surface area contributed by atoms with Crippen LogP contribution in [0.2, 0.25) is 0 Å². The smallest absolute Gasteiger partial charge is 0.341 e. The molecule has 0 radical (unpaired) electrons. The van der Waals surface area contributed by atoms with Crippen LogP contribution >= 0.6 is 0 Å². The molecule has 82 valence electrons. The van der Waals surface area contributed by atoms with E-state index in [0.29, 0.717) is 17.1 Å². The highest BCUT2D eigenvalue weighted by atomic mass is 16.5. The molecule has 0 unspecified atom stereocenters. The number of ether oxygens (including phenoxy) is 2. The summed E-state index contributed by atoms with van der Waals surface area (Å²) in [5.41, 5.74) is 0.675. The van der Waals surface area contributed by atoms with Crippen LogP contribution in [0, 0.1) is 0 Å². The van der Waals surface area contributed by atoms with Gasteiger partial charge in [0, 0.05) is 0 Å². The topological polar surface area (TPSA) is 76.0 Å². The number of rotatable bonds is 5. The van der Waals surface area contributed by atoms with Crippen molar-refractivity contribution < 1.29 is 24.5 Å². The van der Waals surface area contributed by atoms with Crippen LogP contribution < -0.4 is 9.47 Å². The minimum atomic E-state index is -1.05. The van der Waals surface area contributed by atoms with Gasteiger partial charge in [0.25, 0.3) is 0 Å². The molecule has 0 aliphatic heterocycles. The second-order valence-electron chi connectivity index (χ2n) is 2.83. The summed E-state index contributed by atoms with van der Waals surface area (Å²) in [6.45, 7) is -0.523. The summed E-state index contributed by atoms with van der Waals surface area (Å²) in [5, 5.41) is 17.3. The quantitative estimate of drug-likeness (QED) is 0.749. The molecule has 0 saturated heterocycles. The largest absolute Gasteiger partial charge is 0.493 e. The fourth-order valence-corrected chi connectivity index (χ4v) is 1.07. The van der Waals surface area contributed by atoms with E-state index in [9.17, 15) is 4.79 Å². The summed E-state index contributed by atoms with van der Waals surface area (Å²) in [4.78, 5) is 10.3. The number of aliphatic carboxylic acids is 1. The van der Waals surface area contributed by atoms with E-state index in [-0.39, 0.29) is 6.61 Å². The Labute approximate surface area is 86.9 Å². The lowest BCUT2D eigenvalue weighted by Gasteiger charge is -2.09. The van der Waals surface area contributed by atoms with E-state index in [1.165, 1.54) is 7.11 Å². The van der Waals surface area contributed by atoms with Crippen LogP contribution in [0.5, 0.6) is 11.5 Å². The van der Waals surface area contributed by atoms with Crippen molar-refractivity contribution in [1.29, 1.82) is 0 Å². The first-order valence-electron chi connectivity index (χ1n) is 4.29. The number of aliphatic hydroxyl groups excluding tert-OH is 1. The van der Waals surface area contributed by atoms with Gasteiger partial charge in [0.15, 0.2) is 18.1 Å². The molecular weight excluding hydrogens is 200 g/mol. The van der Waals surface area contributed by atoms with Crippen molar-refractivity contribution in [3.63, 3.8) is 0 Å². The number of carbonyl (C=O) groups is 1. The summed E-state index contributed by atoms with van der Waals surface area (Å²) < 4.78 is 9.97. The molecule has 15 heavy (non-hydrogen) atoms. The third-order valence-electron chi connectivity index (χ3n) is 1.76. The molecule has 5 nitrogen and oxygen atoms in total. The van der Waals surface area contributed by atoms with Crippen LogP contribution in [0.3, 0.4) is 0 Å². The van der Waals surface area contributed by atoms with Crippen LogP contribution in [-0.4, -0.2) is 29.9 Å². The number of carboxylic acid groups (broad SMARTS) is 1. The average Bonchev–Trinajstić information content (AvgIpc) is 2.25. The van der Waals surface area contributed by atoms with E-state index < -0.39 is 12.6 Å². The van der Waals surface area contributed by atoms with Gasteiger partial charge in [0.05, 0.1) is 13.7 Å². The molecule has 2 N–H and O–H groups in total. The zero-order valence-corrected chi connectivity index (χ0v) is 8.27. The number of aliphatic hydroxyl groups is 1. The lowest BCUT2D eigenvalue weighted by Crippen LogP contribution is -2.10. The van der Waals surface area contributed by atoms with Crippen molar-refractivity contribution in [2.45, 2.75) is 6.61 Å². The molecule has 0 amide bonds. The fraction of sp³-hybridized carbons (Fsp3) is 0.300. The maximum Gasteiger partial charge on any atom is 0.341 e. The molecule has 0 atom stereocenters. The van der Waals surface area contributed by atoms with Gasteiger partial charge in [-0.25, -0.2) is 4.79 Å². The molecule has 0 bridgehead atoms. The van der Waals surface area contributed by atoms with Gasteiger partial charge < -0.3 is 19.7 Å². The summed E-state index contributed by atoms with van der Waals surface area (Å²) in [7, 11) is 1.45. The van der Waals surface area contributed by atoms with Crippen molar-refractivity contribution in [1.82, 2.24) is 0 Å². The molecule has 1 rings (SSSR count). The van der Waals surface area contributed by atoms with E-state index in [2.05, 4.69) is 0 Å². The summed E-state index contributed by atoms with van der Waals surface area (Å²) >= 11 is 0. The molecule has 0 spiro atoms. The number of benzene rings is 1. The molecule has 5 heteroatoms. The van der Waals surface area contributed by atoms with Gasteiger partial charge in [-0.15, -0.1) is 0 Å². The molecule has 1 aromatic rings. The van der Waals surface area contributed by atoms with E-state index in [1.807, 2.05) is 0 Å². The Hall–Kier alpha value is -1.75. The Bertz CT molecular complexity index is 348. The number of hydrogen-bond donors (Lipinski definition) is 2. The third-order valence-corrected chi connectivity index (χ3v) is 1.76. The van der Waals surface area contributed by atoms with Crippen LogP contribution in [0.1, 0.15) is 5.56 Å². The van der Waals surface area contributed by atoms with E-state index in [0.717, 1.165) is 0 Å². The predicted molar refractivity (Wildman–Crippen MR) is 52.0 cm³/mol. The van der Waals surface area contributed by atoms with Gasteiger partial charge in [0.2, 0.25) is 0 Å². The molecule has 0 fully saturated rings. The van der Waals surface area contributed by atoms with Crippen molar-refractivity contribution in [2.24, 2.45) is 0 Å². The summed E-state index contributed by atoms with van der Waals surface area (Å²) in [5.74, 6) is -0.303. The van der Waals surface area contributed by atoms with Gasteiger partial charge in [-0.1, -0.05) is 6.07 Å². The first kappa shape index (κ1) is 11.3. The Morgan fingerprint density at radius 1 is 1.40 bits per heavy atom. The predicted octanol–water partition coefficient (Wildman–Crippen LogP) is 0.651. The highest BCUT2D eigenvalue weighted by Crippen LogP contribution is 2.27. The van der Waals surface area contributed by atoms with Gasteiger partial charge in [-0.3, -0.25) is 0 Å². The fourth-order valence-electron chi connectivity index (χ4n) is 1.07. The number of carboxylic acids is 1. The van der Waals surface area contributed by atoms with Crippen LogP contribution in [0.4, 0.5) is 0 Å². The van der Waals surface area contributed by atoms with E-state index in [1.54, 1.807) is 18.2 Å². The summed E-state index contributed by atoms with van der Waals surface area (Å²) in [6.07, 6.45) is 0. The van der Waals surface area contributed by atoms with Gasteiger partial charge in [-0.2, -0.15) is 0 Å². The molecule has 0 aliphatic carbocycles. The molecule has 0 saturated carbocycles. The van der Waals surface area contributed by atoms with Gasteiger partial charge >= 0.3 is 5.97 Å². The molecule has 1 aromatic carbocycles. The molecular formula is C10H12O5. The first-order valence-corrected chi connectivity index (χ1v) is 4.29. The standard InChI is InChI=1S/C10H12O5/c1-14-9-4-7(5-11)2-3-8(9)15-6-10(12)13/h2-4,11H,5-6H2,1H3,(H,12,13). The first-order chi connectivity index (χ1) is 7.17. The minimum Gasteiger partial charge on any atom is -0.493 e. The number of methoxy groups -OCH3 is 1. The highest BCUT2D eigenvalue weighted by Gasteiger charge is 2.07. The average molecular weight is 212 g/mol. The van der Waals surface area contributed by atoms with Crippen molar-refractivity contribution in [2.75, 3.05) is 13.7 Å². The zero-order valence-electron chi connectivity index (χ0n) is 8.27. The second kappa shape index (κ2) is 5.21. The third kappa shape index (κ3) is 3.14. The van der Waals surface area contributed by atoms with Crippen LogP contribution in [0.25, 0.3) is 0 Å². The lowest BCUT2D eigenvalue weighted by molar-refractivity contribution is -0.139. The Morgan fingerprint density at radius 2 is 2.13 bits per heavy atom. The highest BCUT2D eigenvalue weighted by molar-refractivity contribution is 5.68. The maximum atomic E-state index is 10.3. The normalized spacial score (nSPS) is 9.73. The lowest BCUT2D eigenvalue weighted by atomic mass is 10.2. The minimum absolute atomic E-state index is 0.102. The molecule has 0 aliphatic rings. The van der Waals surface area contributed by atoms with E-state index >= 15 is 0 Å². The summed E-state index contributed by atoms with van der Waals surface area (Å²) in [6, 6.07) is 4.80.